The van der Waals surface area contributed by atoms with Crippen molar-refractivity contribution in [2.45, 2.75) is 18.6 Å². The van der Waals surface area contributed by atoms with Crippen LogP contribution in [0.15, 0.2) is 4.99 Å². The first-order chi connectivity index (χ1) is 8.73. The standard InChI is InChI=1S/C11H22N4O3S.HI/c1-11(2)8-15(5-6-19(11,17)18)10(13-4)14-7-9(16)12-3;/h5-8H2,1-4H3,(H,12,16)(H,13,14);1H. The van der Waals surface area contributed by atoms with Gasteiger partial charge in [0.2, 0.25) is 5.91 Å². The summed E-state index contributed by atoms with van der Waals surface area (Å²) in [6, 6.07) is 0. The first kappa shape index (κ1) is 19.4. The zero-order valence-corrected chi connectivity index (χ0v) is 15.4. The zero-order valence-electron chi connectivity index (χ0n) is 12.3. The molecule has 1 saturated heterocycles. The molecule has 0 spiro atoms. The van der Waals surface area contributed by atoms with Crippen LogP contribution >= 0.6 is 24.0 Å². The van der Waals surface area contributed by atoms with Crippen molar-refractivity contribution < 1.29 is 13.2 Å². The Morgan fingerprint density at radius 3 is 2.45 bits per heavy atom. The quantitative estimate of drug-likeness (QED) is 0.356. The van der Waals surface area contributed by atoms with Crippen molar-refractivity contribution in [1.29, 1.82) is 0 Å². The van der Waals surface area contributed by atoms with E-state index in [2.05, 4.69) is 15.6 Å². The first-order valence-corrected chi connectivity index (χ1v) is 7.77. The second-order valence-electron chi connectivity index (χ2n) is 5.07. The number of carbonyl (C=O) groups excluding carboxylic acids is 1. The van der Waals surface area contributed by atoms with Crippen LogP contribution in [0.25, 0.3) is 0 Å². The van der Waals surface area contributed by atoms with Gasteiger partial charge in [0.25, 0.3) is 0 Å². The number of hydrogen-bond donors (Lipinski definition) is 2. The molecule has 0 atom stereocenters. The van der Waals surface area contributed by atoms with Crippen molar-refractivity contribution in [3.05, 3.63) is 0 Å². The molecular formula is C11H23IN4O3S. The molecule has 0 unspecified atom stereocenters. The third-order valence-corrected chi connectivity index (χ3v) is 5.77. The molecule has 1 fully saturated rings. The number of rotatable bonds is 2. The van der Waals surface area contributed by atoms with E-state index in [0.29, 0.717) is 19.0 Å². The van der Waals surface area contributed by atoms with Crippen LogP contribution in [-0.2, 0) is 14.6 Å². The van der Waals surface area contributed by atoms with Gasteiger partial charge in [0, 0.05) is 27.2 Å². The molecule has 0 aliphatic carbocycles. The van der Waals surface area contributed by atoms with Gasteiger partial charge in [0.15, 0.2) is 15.8 Å². The maximum Gasteiger partial charge on any atom is 0.239 e. The molecule has 0 radical (unpaired) electrons. The number of carbonyl (C=O) groups is 1. The maximum absolute atomic E-state index is 11.9. The number of guanidine groups is 1. The van der Waals surface area contributed by atoms with Crippen LogP contribution < -0.4 is 10.6 Å². The molecule has 0 bridgehead atoms. The summed E-state index contributed by atoms with van der Waals surface area (Å²) >= 11 is 0. The summed E-state index contributed by atoms with van der Waals surface area (Å²) < 4.78 is 23.0. The molecular weight excluding hydrogens is 395 g/mol. The van der Waals surface area contributed by atoms with E-state index in [1.54, 1.807) is 27.9 Å². The lowest BCUT2D eigenvalue weighted by atomic mass is 10.2. The van der Waals surface area contributed by atoms with Crippen molar-refractivity contribution in [2.75, 3.05) is 39.5 Å². The normalized spacial score (nSPS) is 20.8. The number of hydrogen-bond acceptors (Lipinski definition) is 4. The fraction of sp³-hybridized carbons (Fsp3) is 0.818. The molecule has 1 heterocycles. The molecule has 1 aliphatic rings. The van der Waals surface area contributed by atoms with E-state index < -0.39 is 14.6 Å². The predicted molar refractivity (Wildman–Crippen MR) is 90.3 cm³/mol. The van der Waals surface area contributed by atoms with Crippen LogP contribution in [0.2, 0.25) is 0 Å². The SMILES string of the molecule is CN=C(NCC(=O)NC)N1CCS(=O)(=O)C(C)(C)C1.I. The van der Waals surface area contributed by atoms with E-state index >= 15 is 0 Å². The molecule has 7 nitrogen and oxygen atoms in total. The molecule has 118 valence electrons. The van der Waals surface area contributed by atoms with Gasteiger partial charge in [-0.1, -0.05) is 0 Å². The lowest BCUT2D eigenvalue weighted by molar-refractivity contribution is -0.119. The number of halogens is 1. The molecule has 0 saturated carbocycles. The Morgan fingerprint density at radius 1 is 1.40 bits per heavy atom. The molecule has 1 aliphatic heterocycles. The van der Waals surface area contributed by atoms with Gasteiger partial charge in [-0.15, -0.1) is 24.0 Å². The van der Waals surface area contributed by atoms with Crippen molar-refractivity contribution in [2.24, 2.45) is 4.99 Å². The molecule has 0 aromatic heterocycles. The maximum atomic E-state index is 11.9. The van der Waals surface area contributed by atoms with Gasteiger partial charge in [-0.25, -0.2) is 8.42 Å². The van der Waals surface area contributed by atoms with Crippen molar-refractivity contribution in [1.82, 2.24) is 15.5 Å². The summed E-state index contributed by atoms with van der Waals surface area (Å²) in [6.45, 7) is 4.29. The number of nitrogens with one attached hydrogen (secondary N) is 2. The molecule has 1 amide bonds. The second kappa shape index (κ2) is 7.43. The van der Waals surface area contributed by atoms with Gasteiger partial charge in [-0.3, -0.25) is 9.79 Å². The van der Waals surface area contributed by atoms with Crippen molar-refractivity contribution in [3.63, 3.8) is 0 Å². The largest absolute Gasteiger partial charge is 0.358 e. The average molecular weight is 418 g/mol. The number of sulfone groups is 1. The Hall–Kier alpha value is -0.580. The van der Waals surface area contributed by atoms with Gasteiger partial charge in [0.05, 0.1) is 17.0 Å². The van der Waals surface area contributed by atoms with E-state index in [1.165, 1.54) is 0 Å². The highest BCUT2D eigenvalue weighted by molar-refractivity contribution is 14.0. The van der Waals surface area contributed by atoms with Gasteiger partial charge >= 0.3 is 0 Å². The third-order valence-electron chi connectivity index (χ3n) is 3.24. The van der Waals surface area contributed by atoms with Gasteiger partial charge < -0.3 is 15.5 Å². The Labute approximate surface area is 137 Å². The van der Waals surface area contributed by atoms with Crippen LogP contribution in [0, 0.1) is 0 Å². The Balaban J connectivity index is 0.00000361. The van der Waals surface area contributed by atoms with Crippen LogP contribution in [-0.4, -0.2) is 69.4 Å². The van der Waals surface area contributed by atoms with Crippen LogP contribution in [0.4, 0.5) is 0 Å². The van der Waals surface area contributed by atoms with Crippen molar-refractivity contribution >= 4 is 45.7 Å². The Morgan fingerprint density at radius 2 is 2.00 bits per heavy atom. The van der Waals surface area contributed by atoms with Gasteiger partial charge in [0.1, 0.15) is 0 Å². The molecule has 20 heavy (non-hydrogen) atoms. The fourth-order valence-electron chi connectivity index (χ4n) is 1.90. The highest BCUT2D eigenvalue weighted by atomic mass is 127. The van der Waals surface area contributed by atoms with E-state index in [-0.39, 0.29) is 42.2 Å². The number of amides is 1. The Kier molecular flexibility index (Phi) is 7.22. The summed E-state index contributed by atoms with van der Waals surface area (Å²) in [7, 11) is 0.0970. The van der Waals surface area contributed by atoms with Crippen LogP contribution in [0.1, 0.15) is 13.8 Å². The second-order valence-corrected chi connectivity index (χ2v) is 7.82. The van der Waals surface area contributed by atoms with Gasteiger partial charge in [-0.05, 0) is 13.8 Å². The highest BCUT2D eigenvalue weighted by Crippen LogP contribution is 2.23. The van der Waals surface area contributed by atoms with Crippen LogP contribution in [0.5, 0.6) is 0 Å². The lowest BCUT2D eigenvalue weighted by Crippen LogP contribution is -2.57. The van der Waals surface area contributed by atoms with E-state index in [9.17, 15) is 13.2 Å². The molecule has 1 rings (SSSR count). The van der Waals surface area contributed by atoms with Crippen LogP contribution in [0.3, 0.4) is 0 Å². The fourth-order valence-corrected chi connectivity index (χ4v) is 3.27. The number of aliphatic imine (C=N–C) groups is 1. The summed E-state index contributed by atoms with van der Waals surface area (Å²) in [6.07, 6.45) is 0. The first-order valence-electron chi connectivity index (χ1n) is 6.12. The summed E-state index contributed by atoms with van der Waals surface area (Å²) in [4.78, 5) is 17.2. The monoisotopic (exact) mass is 418 g/mol. The summed E-state index contributed by atoms with van der Waals surface area (Å²) in [5, 5.41) is 5.43. The topological polar surface area (TPSA) is 90.9 Å². The third kappa shape index (κ3) is 4.47. The highest BCUT2D eigenvalue weighted by Gasteiger charge is 2.40. The van der Waals surface area contributed by atoms with E-state index in [4.69, 9.17) is 0 Å². The Bertz CT molecular complexity index is 476. The van der Waals surface area contributed by atoms with Gasteiger partial charge in [-0.2, -0.15) is 0 Å². The van der Waals surface area contributed by atoms with E-state index in [1.807, 2.05) is 4.90 Å². The number of nitrogens with zero attached hydrogens (tertiary/aromatic N) is 2. The molecule has 0 aromatic carbocycles. The lowest BCUT2D eigenvalue weighted by Gasteiger charge is -2.39. The smallest absolute Gasteiger partial charge is 0.239 e. The molecule has 9 heteroatoms. The average Bonchev–Trinajstić information content (AvgIpc) is 2.34. The minimum absolute atomic E-state index is 0. The van der Waals surface area contributed by atoms with E-state index in [0.717, 1.165) is 0 Å². The number of likely N-dealkylation sites (N-methyl/N-ethyl adjacent to an activating group) is 1. The predicted octanol–water partition coefficient (Wildman–Crippen LogP) is -0.565. The minimum atomic E-state index is -3.08. The zero-order chi connectivity index (χ0) is 14.7. The summed E-state index contributed by atoms with van der Waals surface area (Å²) in [5.74, 6) is 0.498. The molecule has 2 N–H and O–H groups in total. The summed E-state index contributed by atoms with van der Waals surface area (Å²) in [5.41, 5.74) is 0. The minimum Gasteiger partial charge on any atom is -0.358 e. The van der Waals surface area contributed by atoms with Crippen molar-refractivity contribution in [3.8, 4) is 0 Å². The molecule has 0 aromatic rings.